The van der Waals surface area contributed by atoms with Crippen LogP contribution >= 0.6 is 31.9 Å². The predicted molar refractivity (Wildman–Crippen MR) is 124 cm³/mol. The lowest BCUT2D eigenvalue weighted by atomic mass is 9.88. The van der Waals surface area contributed by atoms with Gasteiger partial charge in [0.1, 0.15) is 0 Å². The first-order valence-corrected chi connectivity index (χ1v) is 11.6. The molecular weight excluding hydrogens is 480 g/mol. The molecule has 0 fully saturated rings. The Morgan fingerprint density at radius 3 is 1.54 bits per heavy atom. The lowest BCUT2D eigenvalue weighted by molar-refractivity contribution is -0.121. The minimum Gasteiger partial charge on any atom is -0.358 e. The van der Waals surface area contributed by atoms with Crippen LogP contribution in [0.2, 0.25) is 0 Å². The van der Waals surface area contributed by atoms with Crippen molar-refractivity contribution in [3.05, 3.63) is 71.0 Å². The Morgan fingerprint density at radius 1 is 0.786 bits per heavy atom. The van der Waals surface area contributed by atoms with E-state index < -0.39 is 0 Å². The van der Waals surface area contributed by atoms with Crippen molar-refractivity contribution >= 4 is 59.4 Å². The van der Waals surface area contributed by atoms with E-state index in [4.69, 9.17) is 0 Å². The van der Waals surface area contributed by atoms with Crippen LogP contribution in [-0.2, 0) is 4.79 Å². The highest BCUT2D eigenvalue weighted by atomic mass is 79.9. The number of rotatable bonds is 6. The minimum atomic E-state index is -0.235. The van der Waals surface area contributed by atoms with Crippen LogP contribution in [0.15, 0.2) is 48.5 Å². The molecule has 0 aliphatic carbocycles. The largest absolute Gasteiger partial charge is 0.358 e. The van der Waals surface area contributed by atoms with E-state index in [0.717, 1.165) is 33.5 Å². The first-order chi connectivity index (χ1) is 13.6. The van der Waals surface area contributed by atoms with Gasteiger partial charge in [0, 0.05) is 43.9 Å². The van der Waals surface area contributed by atoms with Crippen molar-refractivity contribution in [3.63, 3.8) is 0 Å². The van der Waals surface area contributed by atoms with Gasteiger partial charge < -0.3 is 9.97 Å². The number of hydrogen-bond acceptors (Lipinski definition) is 1. The number of fused-ring (bicyclic) bond motifs is 2. The van der Waals surface area contributed by atoms with Crippen LogP contribution in [0.5, 0.6) is 0 Å². The van der Waals surface area contributed by atoms with Gasteiger partial charge in [0.2, 0.25) is 0 Å². The number of halogens is 2. The van der Waals surface area contributed by atoms with Gasteiger partial charge >= 0.3 is 0 Å². The monoisotopic (exact) mass is 500 g/mol. The van der Waals surface area contributed by atoms with Gasteiger partial charge in [-0.25, -0.2) is 0 Å². The number of aryl methyl sites for hydroxylation is 2. The standard InChI is InChI=1S/C23H22Br2N2O/c1-13-15-7-3-5-9-19(15)26-21(13)17(11-24)23(28)18(12-25)22-14(2)16-8-4-6-10-20(16)27-22/h3-10,17-18,26-27H,11-12H2,1-2H3. The van der Waals surface area contributed by atoms with E-state index in [1.807, 2.05) is 24.3 Å². The summed E-state index contributed by atoms with van der Waals surface area (Å²) < 4.78 is 0. The summed E-state index contributed by atoms with van der Waals surface area (Å²) in [5.41, 5.74) is 6.45. The summed E-state index contributed by atoms with van der Waals surface area (Å²) in [6, 6.07) is 16.4. The highest BCUT2D eigenvalue weighted by molar-refractivity contribution is 9.09. The molecule has 0 radical (unpaired) electrons. The molecule has 2 heterocycles. The van der Waals surface area contributed by atoms with Crippen LogP contribution in [0.3, 0.4) is 0 Å². The summed E-state index contributed by atoms with van der Waals surface area (Å²) >= 11 is 7.20. The summed E-state index contributed by atoms with van der Waals surface area (Å²) in [6.07, 6.45) is 0. The number of H-pyrrole nitrogens is 2. The van der Waals surface area contributed by atoms with Gasteiger partial charge in [-0.2, -0.15) is 0 Å². The van der Waals surface area contributed by atoms with Crippen molar-refractivity contribution in [2.45, 2.75) is 25.7 Å². The predicted octanol–water partition coefficient (Wildman–Crippen LogP) is 6.49. The molecule has 0 aliphatic heterocycles. The van der Waals surface area contributed by atoms with E-state index in [0.29, 0.717) is 10.7 Å². The quantitative estimate of drug-likeness (QED) is 0.291. The highest BCUT2D eigenvalue weighted by Crippen LogP contribution is 2.35. The third-order valence-electron chi connectivity index (χ3n) is 5.70. The second-order valence-corrected chi connectivity index (χ2v) is 8.53. The molecule has 5 heteroatoms. The average molecular weight is 502 g/mol. The lowest BCUT2D eigenvalue weighted by Gasteiger charge is -2.20. The van der Waals surface area contributed by atoms with Crippen LogP contribution in [0.1, 0.15) is 34.4 Å². The van der Waals surface area contributed by atoms with Crippen LogP contribution in [0, 0.1) is 13.8 Å². The Morgan fingerprint density at radius 2 is 1.18 bits per heavy atom. The molecule has 4 rings (SSSR count). The van der Waals surface area contributed by atoms with E-state index >= 15 is 0 Å². The number of ketones is 1. The molecule has 0 amide bonds. The van der Waals surface area contributed by atoms with Crippen molar-refractivity contribution in [3.8, 4) is 0 Å². The molecule has 0 spiro atoms. The molecule has 4 aromatic rings. The maximum atomic E-state index is 13.7. The van der Waals surface area contributed by atoms with Gasteiger partial charge in [0.15, 0.2) is 5.78 Å². The first-order valence-electron chi connectivity index (χ1n) is 9.36. The fraction of sp³-hybridized carbons (Fsp3) is 0.261. The number of benzene rings is 2. The Labute approximate surface area is 181 Å². The van der Waals surface area contributed by atoms with Gasteiger partial charge in [-0.05, 0) is 37.1 Å². The van der Waals surface area contributed by atoms with Gasteiger partial charge in [0.05, 0.1) is 11.8 Å². The van der Waals surface area contributed by atoms with E-state index in [1.165, 1.54) is 10.8 Å². The second-order valence-electron chi connectivity index (χ2n) is 7.23. The number of Topliss-reactive ketones (excluding diaryl/α,β-unsaturated/α-hetero) is 1. The second kappa shape index (κ2) is 7.88. The first kappa shape index (κ1) is 19.5. The van der Waals surface area contributed by atoms with Gasteiger partial charge in [0.25, 0.3) is 0 Å². The summed E-state index contributed by atoms with van der Waals surface area (Å²) in [6.45, 7) is 4.18. The molecule has 0 saturated carbocycles. The molecule has 144 valence electrons. The van der Waals surface area contributed by atoms with Crippen LogP contribution in [-0.4, -0.2) is 26.4 Å². The maximum Gasteiger partial charge on any atom is 0.152 e. The van der Waals surface area contributed by atoms with Crippen LogP contribution in [0.4, 0.5) is 0 Å². The molecule has 0 saturated heterocycles. The van der Waals surface area contributed by atoms with E-state index in [2.05, 4.69) is 79.9 Å². The third-order valence-corrected chi connectivity index (χ3v) is 7.00. The number of aromatic amines is 2. The Hall–Kier alpha value is -1.85. The van der Waals surface area contributed by atoms with Gasteiger partial charge in [-0.15, -0.1) is 0 Å². The summed E-state index contributed by atoms with van der Waals surface area (Å²) in [5.74, 6) is -0.264. The van der Waals surface area contributed by atoms with Gasteiger partial charge in [-0.1, -0.05) is 68.3 Å². The van der Waals surface area contributed by atoms with Crippen LogP contribution < -0.4 is 0 Å². The molecular formula is C23H22Br2N2O. The van der Waals surface area contributed by atoms with Crippen LogP contribution in [0.25, 0.3) is 21.8 Å². The van der Waals surface area contributed by atoms with Gasteiger partial charge in [-0.3, -0.25) is 4.79 Å². The fourth-order valence-corrected chi connectivity index (χ4v) is 5.42. The normalized spacial score (nSPS) is 13.9. The molecule has 3 nitrogen and oxygen atoms in total. The zero-order valence-corrected chi connectivity index (χ0v) is 19.0. The number of carbonyl (C=O) groups excluding carboxylic acids is 1. The topological polar surface area (TPSA) is 48.6 Å². The molecule has 0 bridgehead atoms. The molecule has 2 aromatic carbocycles. The molecule has 2 N–H and O–H groups in total. The van der Waals surface area contributed by atoms with E-state index in [-0.39, 0.29) is 17.6 Å². The molecule has 2 aromatic heterocycles. The molecule has 2 atom stereocenters. The Balaban J connectivity index is 1.77. The zero-order valence-electron chi connectivity index (χ0n) is 15.9. The number of nitrogens with one attached hydrogen (secondary N) is 2. The number of aromatic nitrogens is 2. The lowest BCUT2D eigenvalue weighted by Crippen LogP contribution is -2.24. The van der Waals surface area contributed by atoms with Crippen molar-refractivity contribution in [1.82, 2.24) is 9.97 Å². The Bertz CT molecular complexity index is 1070. The van der Waals surface area contributed by atoms with Crippen molar-refractivity contribution in [1.29, 1.82) is 0 Å². The zero-order chi connectivity index (χ0) is 19.8. The minimum absolute atomic E-state index is 0.207. The van der Waals surface area contributed by atoms with E-state index in [9.17, 15) is 4.79 Å². The number of carbonyl (C=O) groups is 1. The van der Waals surface area contributed by atoms with Crippen molar-refractivity contribution < 1.29 is 4.79 Å². The third kappa shape index (κ3) is 3.15. The number of para-hydroxylation sites is 2. The van der Waals surface area contributed by atoms with Crippen molar-refractivity contribution in [2.75, 3.05) is 10.7 Å². The maximum absolute atomic E-state index is 13.7. The summed E-state index contributed by atoms with van der Waals surface area (Å²) in [5, 5.41) is 3.52. The summed E-state index contributed by atoms with van der Waals surface area (Å²) in [7, 11) is 0. The Kier molecular flexibility index (Phi) is 5.48. The highest BCUT2D eigenvalue weighted by Gasteiger charge is 2.32. The molecule has 0 aliphatic rings. The number of hydrogen-bond donors (Lipinski definition) is 2. The average Bonchev–Trinajstić information content (AvgIpc) is 3.22. The SMILES string of the molecule is Cc1c(C(CBr)C(=O)C(CBr)c2[nH]c3ccccc3c2C)[nH]c2ccccc12. The summed E-state index contributed by atoms with van der Waals surface area (Å²) in [4.78, 5) is 20.6. The number of alkyl halides is 2. The van der Waals surface area contributed by atoms with Crippen molar-refractivity contribution in [2.24, 2.45) is 0 Å². The molecule has 28 heavy (non-hydrogen) atoms. The molecule has 2 unspecified atom stereocenters. The smallest absolute Gasteiger partial charge is 0.152 e. The van der Waals surface area contributed by atoms with E-state index in [1.54, 1.807) is 0 Å². The fourth-order valence-electron chi connectivity index (χ4n) is 4.14.